The Bertz CT molecular complexity index is 883. The number of hydrogen-bond acceptors (Lipinski definition) is 4. The molecule has 29 heavy (non-hydrogen) atoms. The topological polar surface area (TPSA) is 60.9 Å². The number of hydrogen-bond donors (Lipinski definition) is 0. The van der Waals surface area contributed by atoms with Crippen LogP contribution in [-0.4, -0.2) is 62.3 Å². The molecule has 1 amide bonds. The molecular formula is C22H31N3O3S. The molecule has 5 rings (SSSR count). The van der Waals surface area contributed by atoms with Gasteiger partial charge in [-0.05, 0) is 55.9 Å². The molecule has 6 nitrogen and oxygen atoms in total. The van der Waals surface area contributed by atoms with Gasteiger partial charge in [0.1, 0.15) is 0 Å². The summed E-state index contributed by atoms with van der Waals surface area (Å²) < 4.78 is 28.1. The fourth-order valence-corrected chi connectivity index (χ4v) is 6.70. The number of anilines is 1. The fraction of sp³-hybridized carbons (Fsp3) is 0.682. The zero-order valence-corrected chi connectivity index (χ0v) is 17.9. The van der Waals surface area contributed by atoms with Crippen LogP contribution in [0.1, 0.15) is 50.5 Å². The van der Waals surface area contributed by atoms with Crippen LogP contribution in [0.5, 0.6) is 0 Å². The summed E-state index contributed by atoms with van der Waals surface area (Å²) in [5.74, 6) is 0.392. The van der Waals surface area contributed by atoms with Crippen molar-refractivity contribution in [2.75, 3.05) is 37.6 Å². The second-order valence-corrected chi connectivity index (χ2v) is 11.0. The van der Waals surface area contributed by atoms with Crippen LogP contribution in [-0.2, 0) is 21.2 Å². The highest BCUT2D eigenvalue weighted by molar-refractivity contribution is 7.89. The summed E-state index contributed by atoms with van der Waals surface area (Å²) in [6.45, 7) is 3.48. The number of amides is 1. The van der Waals surface area contributed by atoms with Crippen molar-refractivity contribution in [3.05, 3.63) is 23.8 Å². The van der Waals surface area contributed by atoms with Crippen molar-refractivity contribution in [2.24, 2.45) is 5.92 Å². The highest BCUT2D eigenvalue weighted by Crippen LogP contribution is 2.37. The Balaban J connectivity index is 1.27. The third-order valence-corrected chi connectivity index (χ3v) is 9.04. The van der Waals surface area contributed by atoms with Gasteiger partial charge >= 0.3 is 0 Å². The monoisotopic (exact) mass is 417 g/mol. The molecule has 0 aromatic heterocycles. The van der Waals surface area contributed by atoms with E-state index in [0.29, 0.717) is 30.6 Å². The van der Waals surface area contributed by atoms with E-state index in [1.165, 1.54) is 32.1 Å². The van der Waals surface area contributed by atoms with Gasteiger partial charge in [-0.3, -0.25) is 9.69 Å². The zero-order chi connectivity index (χ0) is 20.0. The van der Waals surface area contributed by atoms with Crippen LogP contribution in [0.3, 0.4) is 0 Å². The average molecular weight is 418 g/mol. The Kier molecular flexibility index (Phi) is 5.16. The first-order valence-electron chi connectivity index (χ1n) is 11.2. The maximum Gasteiger partial charge on any atom is 0.243 e. The van der Waals surface area contributed by atoms with Crippen molar-refractivity contribution in [3.8, 4) is 0 Å². The predicted molar refractivity (Wildman–Crippen MR) is 112 cm³/mol. The van der Waals surface area contributed by atoms with E-state index in [0.717, 1.165) is 43.6 Å². The normalized spacial score (nSPS) is 24.6. The molecule has 2 aliphatic heterocycles. The standard InChI is InChI=1S/C22H31N3O3S/c26-22(17-6-7-17)25-11-10-18-16-20(8-9-21(18)25)29(27,28)24-14-12-23(13-15-24)19-4-2-1-3-5-19/h8-9,16-17,19H,1-7,10-15H2. The molecule has 0 unspecified atom stereocenters. The number of piperazine rings is 1. The van der Waals surface area contributed by atoms with Gasteiger partial charge in [0.15, 0.2) is 0 Å². The van der Waals surface area contributed by atoms with Crippen LogP contribution < -0.4 is 4.90 Å². The number of benzene rings is 1. The van der Waals surface area contributed by atoms with E-state index >= 15 is 0 Å². The number of carbonyl (C=O) groups excluding carboxylic acids is 1. The molecule has 7 heteroatoms. The highest BCUT2D eigenvalue weighted by Gasteiger charge is 2.37. The molecule has 1 aromatic carbocycles. The van der Waals surface area contributed by atoms with Crippen LogP contribution in [0.25, 0.3) is 0 Å². The van der Waals surface area contributed by atoms with Crippen molar-refractivity contribution < 1.29 is 13.2 Å². The molecule has 0 spiro atoms. The molecule has 0 atom stereocenters. The number of rotatable bonds is 4. The first kappa shape index (κ1) is 19.5. The third kappa shape index (κ3) is 3.73. The van der Waals surface area contributed by atoms with Crippen molar-refractivity contribution in [1.29, 1.82) is 0 Å². The second-order valence-electron chi connectivity index (χ2n) is 9.04. The van der Waals surface area contributed by atoms with E-state index in [1.807, 2.05) is 11.0 Å². The van der Waals surface area contributed by atoms with Crippen molar-refractivity contribution >= 4 is 21.6 Å². The van der Waals surface area contributed by atoms with Crippen LogP contribution in [0.15, 0.2) is 23.1 Å². The zero-order valence-electron chi connectivity index (χ0n) is 17.1. The van der Waals surface area contributed by atoms with Gasteiger partial charge in [-0.1, -0.05) is 19.3 Å². The summed E-state index contributed by atoms with van der Waals surface area (Å²) in [7, 11) is -3.48. The molecule has 158 valence electrons. The maximum atomic E-state index is 13.2. The molecule has 0 bridgehead atoms. The van der Waals surface area contributed by atoms with E-state index in [2.05, 4.69) is 4.90 Å². The Hall–Kier alpha value is -1.44. The maximum absolute atomic E-state index is 13.2. The molecule has 2 aliphatic carbocycles. The Morgan fingerprint density at radius 3 is 2.31 bits per heavy atom. The summed E-state index contributed by atoms with van der Waals surface area (Å²) in [6.07, 6.45) is 9.19. The van der Waals surface area contributed by atoms with Gasteiger partial charge in [-0.15, -0.1) is 0 Å². The number of carbonyl (C=O) groups is 1. The van der Waals surface area contributed by atoms with Crippen molar-refractivity contribution in [2.45, 2.75) is 62.3 Å². The lowest BCUT2D eigenvalue weighted by atomic mass is 9.94. The molecule has 0 N–H and O–H groups in total. The SMILES string of the molecule is O=C(C1CC1)N1CCc2cc(S(=O)(=O)N3CCN(C4CCCCC4)CC3)ccc21. The molecule has 2 saturated carbocycles. The van der Waals surface area contributed by atoms with Gasteiger partial charge in [0.05, 0.1) is 4.90 Å². The minimum absolute atomic E-state index is 0.185. The summed E-state index contributed by atoms with van der Waals surface area (Å²) in [4.78, 5) is 17.2. The third-order valence-electron chi connectivity index (χ3n) is 7.14. The lowest BCUT2D eigenvalue weighted by molar-refractivity contribution is -0.119. The predicted octanol–water partition coefficient (Wildman–Crippen LogP) is 2.62. The molecule has 3 fully saturated rings. The quantitative estimate of drug-likeness (QED) is 0.756. The molecule has 1 saturated heterocycles. The van der Waals surface area contributed by atoms with Gasteiger partial charge in [0, 0.05) is 50.4 Å². The van der Waals surface area contributed by atoms with Crippen LogP contribution in [0.4, 0.5) is 5.69 Å². The lowest BCUT2D eigenvalue weighted by Gasteiger charge is -2.40. The van der Waals surface area contributed by atoms with Crippen molar-refractivity contribution in [3.63, 3.8) is 0 Å². The summed E-state index contributed by atoms with van der Waals surface area (Å²) in [6, 6.07) is 5.98. The van der Waals surface area contributed by atoms with Gasteiger partial charge in [0.25, 0.3) is 0 Å². The van der Waals surface area contributed by atoms with Gasteiger partial charge in [-0.25, -0.2) is 8.42 Å². The smallest absolute Gasteiger partial charge is 0.243 e. The minimum Gasteiger partial charge on any atom is -0.312 e. The molecule has 4 aliphatic rings. The first-order chi connectivity index (χ1) is 14.0. The highest BCUT2D eigenvalue weighted by atomic mass is 32.2. The van der Waals surface area contributed by atoms with Gasteiger partial charge in [-0.2, -0.15) is 4.31 Å². The molecule has 0 radical (unpaired) electrons. The fourth-order valence-electron chi connectivity index (χ4n) is 5.22. The lowest BCUT2D eigenvalue weighted by Crippen LogP contribution is -2.52. The number of fused-ring (bicyclic) bond motifs is 1. The van der Waals surface area contributed by atoms with E-state index in [-0.39, 0.29) is 11.8 Å². The Morgan fingerprint density at radius 2 is 1.62 bits per heavy atom. The number of sulfonamides is 1. The van der Waals surface area contributed by atoms with E-state index in [9.17, 15) is 13.2 Å². The minimum atomic E-state index is -3.48. The molecule has 2 heterocycles. The summed E-state index contributed by atoms with van der Waals surface area (Å²) in [5.41, 5.74) is 1.89. The molecule has 1 aromatic rings. The largest absolute Gasteiger partial charge is 0.312 e. The van der Waals surface area contributed by atoms with Gasteiger partial charge < -0.3 is 4.90 Å². The van der Waals surface area contributed by atoms with Crippen LogP contribution in [0, 0.1) is 5.92 Å². The van der Waals surface area contributed by atoms with E-state index in [4.69, 9.17) is 0 Å². The average Bonchev–Trinajstić information content (AvgIpc) is 3.53. The second kappa shape index (κ2) is 7.67. The number of nitrogens with zero attached hydrogens (tertiary/aromatic N) is 3. The summed E-state index contributed by atoms with van der Waals surface area (Å²) >= 11 is 0. The van der Waals surface area contributed by atoms with E-state index < -0.39 is 10.0 Å². The first-order valence-corrected chi connectivity index (χ1v) is 12.7. The summed E-state index contributed by atoms with van der Waals surface area (Å²) in [5, 5.41) is 0. The molecular weight excluding hydrogens is 386 g/mol. The Morgan fingerprint density at radius 1 is 0.897 bits per heavy atom. The Labute approximate surface area is 173 Å². The van der Waals surface area contributed by atoms with Crippen LogP contribution in [0.2, 0.25) is 0 Å². The van der Waals surface area contributed by atoms with Crippen molar-refractivity contribution in [1.82, 2.24) is 9.21 Å². The van der Waals surface area contributed by atoms with E-state index in [1.54, 1.807) is 16.4 Å². The van der Waals surface area contributed by atoms with Gasteiger partial charge in [0.2, 0.25) is 15.9 Å². The van der Waals surface area contributed by atoms with Crippen LogP contribution >= 0.6 is 0 Å².